The predicted octanol–water partition coefficient (Wildman–Crippen LogP) is 5.13. The SMILES string of the molecule is C.C.CC(C)C.CC1CCCC1. The Hall–Kier alpha value is 0. The van der Waals surface area contributed by atoms with Gasteiger partial charge >= 0.3 is 0 Å². The highest BCUT2D eigenvalue weighted by molar-refractivity contribution is 4.60. The number of hydrogen-bond acceptors (Lipinski definition) is 0. The predicted molar refractivity (Wildman–Crippen MR) is 61.6 cm³/mol. The second-order valence-corrected chi connectivity index (χ2v) is 4.12. The molecule has 0 N–H and O–H groups in total. The van der Waals surface area contributed by atoms with E-state index in [1.165, 1.54) is 25.7 Å². The molecule has 1 fully saturated rings. The van der Waals surface area contributed by atoms with Gasteiger partial charge < -0.3 is 0 Å². The summed E-state index contributed by atoms with van der Waals surface area (Å²) < 4.78 is 0. The van der Waals surface area contributed by atoms with E-state index in [0.717, 1.165) is 11.8 Å². The molecule has 1 rings (SSSR count). The van der Waals surface area contributed by atoms with Gasteiger partial charge in [-0.2, -0.15) is 0 Å². The van der Waals surface area contributed by atoms with E-state index in [2.05, 4.69) is 27.7 Å². The Morgan fingerprint density at radius 2 is 1.17 bits per heavy atom. The first-order chi connectivity index (χ1) is 4.63. The maximum Gasteiger partial charge on any atom is -0.0443 e. The summed E-state index contributed by atoms with van der Waals surface area (Å²) in [4.78, 5) is 0. The molecule has 0 aromatic heterocycles. The molecule has 0 unspecified atom stereocenters. The van der Waals surface area contributed by atoms with Crippen molar-refractivity contribution < 1.29 is 0 Å². The van der Waals surface area contributed by atoms with E-state index in [9.17, 15) is 0 Å². The fourth-order valence-corrected chi connectivity index (χ4v) is 1.13. The first-order valence-corrected chi connectivity index (χ1v) is 4.63. The molecule has 12 heavy (non-hydrogen) atoms. The van der Waals surface area contributed by atoms with Crippen LogP contribution in [0.3, 0.4) is 0 Å². The van der Waals surface area contributed by atoms with E-state index in [0.29, 0.717) is 0 Å². The summed E-state index contributed by atoms with van der Waals surface area (Å²) in [5, 5.41) is 0. The van der Waals surface area contributed by atoms with Crippen LogP contribution in [0.5, 0.6) is 0 Å². The van der Waals surface area contributed by atoms with Gasteiger partial charge in [-0.05, 0) is 11.8 Å². The van der Waals surface area contributed by atoms with Crippen molar-refractivity contribution in [3.8, 4) is 0 Å². The van der Waals surface area contributed by atoms with Gasteiger partial charge in [-0.25, -0.2) is 0 Å². The fraction of sp³-hybridized carbons (Fsp3) is 1.00. The highest BCUT2D eigenvalue weighted by Gasteiger charge is 2.07. The van der Waals surface area contributed by atoms with Crippen molar-refractivity contribution in [1.29, 1.82) is 0 Å². The normalized spacial score (nSPS) is 15.8. The lowest BCUT2D eigenvalue weighted by Gasteiger charge is -1.91. The van der Waals surface area contributed by atoms with Crippen molar-refractivity contribution in [2.75, 3.05) is 0 Å². The van der Waals surface area contributed by atoms with Gasteiger partial charge in [0.15, 0.2) is 0 Å². The summed E-state index contributed by atoms with van der Waals surface area (Å²) in [6, 6.07) is 0. The summed E-state index contributed by atoms with van der Waals surface area (Å²) in [7, 11) is 0. The Bertz CT molecular complexity index is 55.7. The number of rotatable bonds is 0. The third-order valence-electron chi connectivity index (χ3n) is 1.64. The van der Waals surface area contributed by atoms with Gasteiger partial charge in [-0.15, -0.1) is 0 Å². The van der Waals surface area contributed by atoms with Crippen LogP contribution >= 0.6 is 0 Å². The van der Waals surface area contributed by atoms with Gasteiger partial charge in [-0.3, -0.25) is 0 Å². The van der Waals surface area contributed by atoms with Gasteiger partial charge in [0.1, 0.15) is 0 Å². The van der Waals surface area contributed by atoms with E-state index in [-0.39, 0.29) is 14.9 Å². The van der Waals surface area contributed by atoms with Crippen molar-refractivity contribution in [3.63, 3.8) is 0 Å². The number of hydrogen-bond donors (Lipinski definition) is 0. The van der Waals surface area contributed by atoms with E-state index >= 15 is 0 Å². The van der Waals surface area contributed by atoms with Crippen LogP contribution < -0.4 is 0 Å². The Morgan fingerprint density at radius 1 is 0.917 bits per heavy atom. The van der Waals surface area contributed by atoms with Crippen LogP contribution in [0.2, 0.25) is 0 Å². The van der Waals surface area contributed by atoms with Crippen LogP contribution in [0.25, 0.3) is 0 Å². The Kier molecular flexibility index (Phi) is 16.4. The second-order valence-electron chi connectivity index (χ2n) is 4.12. The van der Waals surface area contributed by atoms with Crippen molar-refractivity contribution in [3.05, 3.63) is 0 Å². The van der Waals surface area contributed by atoms with Gasteiger partial charge in [-0.1, -0.05) is 68.2 Å². The standard InChI is InChI=1S/C6H12.C4H10.2CH4/c1-6-4-2-3-5-6;1-4(2)3;;/h6H,2-5H2,1H3;4H,1-3H3;2*1H4. The summed E-state index contributed by atoms with van der Waals surface area (Å²) in [5.41, 5.74) is 0. The first kappa shape index (κ1) is 17.9. The van der Waals surface area contributed by atoms with Gasteiger partial charge in [0.25, 0.3) is 0 Å². The maximum absolute atomic E-state index is 2.34. The van der Waals surface area contributed by atoms with Gasteiger partial charge in [0.05, 0.1) is 0 Å². The summed E-state index contributed by atoms with van der Waals surface area (Å²) in [6.07, 6.45) is 5.95. The van der Waals surface area contributed by atoms with E-state index < -0.39 is 0 Å². The Balaban J connectivity index is -0.000000124. The van der Waals surface area contributed by atoms with E-state index in [4.69, 9.17) is 0 Å². The molecule has 0 aromatic rings. The van der Waals surface area contributed by atoms with E-state index in [1.807, 2.05) is 0 Å². The smallest absolute Gasteiger partial charge is 0.0443 e. The average molecular weight is 174 g/mol. The molecule has 0 nitrogen and oxygen atoms in total. The van der Waals surface area contributed by atoms with Crippen molar-refractivity contribution in [2.45, 2.75) is 68.2 Å². The van der Waals surface area contributed by atoms with Crippen molar-refractivity contribution >= 4 is 0 Å². The molecule has 0 heterocycles. The van der Waals surface area contributed by atoms with Crippen molar-refractivity contribution in [2.24, 2.45) is 11.8 Å². The minimum atomic E-state index is 0. The highest BCUT2D eigenvalue weighted by Crippen LogP contribution is 2.22. The summed E-state index contributed by atoms with van der Waals surface area (Å²) in [6.45, 7) is 8.84. The van der Waals surface area contributed by atoms with Crippen LogP contribution in [-0.4, -0.2) is 0 Å². The minimum Gasteiger partial charge on any atom is -0.0776 e. The third-order valence-corrected chi connectivity index (χ3v) is 1.64. The zero-order valence-electron chi connectivity index (χ0n) is 7.98. The Morgan fingerprint density at radius 3 is 1.25 bits per heavy atom. The van der Waals surface area contributed by atoms with Crippen LogP contribution in [0.15, 0.2) is 0 Å². The molecule has 1 aliphatic carbocycles. The third kappa shape index (κ3) is 16.5. The van der Waals surface area contributed by atoms with Crippen LogP contribution in [0.1, 0.15) is 68.2 Å². The summed E-state index contributed by atoms with van der Waals surface area (Å²) in [5.74, 6) is 1.88. The van der Waals surface area contributed by atoms with Crippen LogP contribution in [0, 0.1) is 11.8 Å². The summed E-state index contributed by atoms with van der Waals surface area (Å²) >= 11 is 0. The van der Waals surface area contributed by atoms with Crippen LogP contribution in [0.4, 0.5) is 0 Å². The molecular formula is C12H30. The largest absolute Gasteiger partial charge is 0.0776 e. The highest BCUT2D eigenvalue weighted by atomic mass is 14.1. The molecule has 0 amide bonds. The van der Waals surface area contributed by atoms with Crippen molar-refractivity contribution in [1.82, 2.24) is 0 Å². The van der Waals surface area contributed by atoms with Gasteiger partial charge in [0, 0.05) is 0 Å². The molecule has 0 aliphatic heterocycles. The Labute approximate surface area is 80.8 Å². The molecule has 0 spiro atoms. The van der Waals surface area contributed by atoms with E-state index in [1.54, 1.807) is 0 Å². The zero-order valence-corrected chi connectivity index (χ0v) is 7.98. The zero-order chi connectivity index (χ0) is 7.98. The monoisotopic (exact) mass is 174 g/mol. The first-order valence-electron chi connectivity index (χ1n) is 4.63. The molecule has 0 aromatic carbocycles. The molecule has 0 radical (unpaired) electrons. The molecule has 1 aliphatic rings. The minimum absolute atomic E-state index is 0. The molecule has 78 valence electrons. The second kappa shape index (κ2) is 11.0. The lowest BCUT2D eigenvalue weighted by atomic mass is 10.2. The molecular weight excluding hydrogens is 144 g/mol. The van der Waals surface area contributed by atoms with Crippen LogP contribution in [-0.2, 0) is 0 Å². The lowest BCUT2D eigenvalue weighted by Crippen LogP contribution is -1.78. The van der Waals surface area contributed by atoms with Gasteiger partial charge in [0.2, 0.25) is 0 Å². The molecule has 0 saturated heterocycles. The topological polar surface area (TPSA) is 0 Å². The lowest BCUT2D eigenvalue weighted by molar-refractivity contribution is 0.612. The molecule has 0 bridgehead atoms. The molecule has 0 heteroatoms. The molecule has 0 atom stereocenters. The quantitative estimate of drug-likeness (QED) is 0.477. The maximum atomic E-state index is 2.34. The fourth-order valence-electron chi connectivity index (χ4n) is 1.13. The average Bonchev–Trinajstić information content (AvgIpc) is 2.15. The molecule has 1 saturated carbocycles.